The van der Waals surface area contributed by atoms with Crippen LogP contribution in [0.15, 0.2) is 17.4 Å². The smallest absolute Gasteiger partial charge is 0.327 e. The highest BCUT2D eigenvalue weighted by atomic mass is 32.5. The number of anilines is 2. The molecule has 0 saturated carbocycles. The highest BCUT2D eigenvalue weighted by molar-refractivity contribution is 8.07. The van der Waals surface area contributed by atoms with Gasteiger partial charge in [0.05, 0.1) is 19.5 Å². The Morgan fingerprint density at radius 3 is 2.71 bits per heavy atom. The summed E-state index contributed by atoms with van der Waals surface area (Å²) in [5.41, 5.74) is 7.55. The van der Waals surface area contributed by atoms with Crippen molar-refractivity contribution < 1.29 is 42.4 Å². The summed E-state index contributed by atoms with van der Waals surface area (Å²) in [7, 11) is 0. The van der Waals surface area contributed by atoms with Crippen LogP contribution in [-0.4, -0.2) is 110 Å². The first-order valence-electron chi connectivity index (χ1n) is 12.0. The van der Waals surface area contributed by atoms with Gasteiger partial charge in [0, 0.05) is 0 Å². The molecule has 23 heteroatoms. The molecule has 0 bridgehead atoms. The Balaban J connectivity index is 1.25. The van der Waals surface area contributed by atoms with Gasteiger partial charge in [0.25, 0.3) is 5.56 Å². The summed E-state index contributed by atoms with van der Waals surface area (Å²) in [4.78, 5) is 41.1. The minimum absolute atomic E-state index is 0.00385. The third-order valence-corrected chi connectivity index (χ3v) is 8.43. The van der Waals surface area contributed by atoms with Gasteiger partial charge in [0.15, 0.2) is 28.8 Å². The number of halogens is 2. The first kappa shape index (κ1) is 28.8. The molecule has 0 aliphatic carbocycles. The third kappa shape index (κ3) is 4.42. The number of rotatable bonds is 8. The summed E-state index contributed by atoms with van der Waals surface area (Å²) in [6, 6.07) is 0. The van der Waals surface area contributed by atoms with E-state index in [0.29, 0.717) is 4.68 Å². The number of aromatic nitrogens is 9. The molecule has 226 valence electrons. The van der Waals surface area contributed by atoms with Crippen LogP contribution in [0, 0.1) is 0 Å². The number of nitrogens with one attached hydrogen (secondary N) is 1. The zero-order valence-electron chi connectivity index (χ0n) is 21.0. The largest absolute Gasteiger partial charge is 0.394 e. The Labute approximate surface area is 236 Å². The number of nitrogens with two attached hydrogens (primary N) is 2. The fourth-order valence-corrected chi connectivity index (χ4v) is 6.36. The van der Waals surface area contributed by atoms with Crippen LogP contribution in [0.2, 0.25) is 0 Å². The van der Waals surface area contributed by atoms with Gasteiger partial charge in [0.2, 0.25) is 17.5 Å². The van der Waals surface area contributed by atoms with Gasteiger partial charge >= 0.3 is 6.72 Å². The number of aliphatic hydroxyl groups excluding tert-OH is 2. The van der Waals surface area contributed by atoms with E-state index in [1.807, 2.05) is 0 Å². The highest BCUT2D eigenvalue weighted by Gasteiger charge is 2.58. The zero-order valence-corrected chi connectivity index (χ0v) is 22.7. The molecular weight excluding hydrogens is 611 g/mol. The SMILES string of the molecule is Nc1nc2c(nnn2[C@]2(OP(O)(=S)OC[C@H]3OCC(F)(n4cnc5c(N)ncnc54)[C@@H]3O)CO[C@H](CO)[C@@H]2F)c(=O)[nH]1. The predicted molar refractivity (Wildman–Crippen MR) is 138 cm³/mol. The second-order valence-electron chi connectivity index (χ2n) is 9.42. The third-order valence-electron chi connectivity index (χ3n) is 6.87. The van der Waals surface area contributed by atoms with Crippen molar-refractivity contribution in [1.82, 2.24) is 44.5 Å². The Hall–Kier alpha value is -3.34. The Morgan fingerprint density at radius 2 is 1.98 bits per heavy atom. The maximum Gasteiger partial charge on any atom is 0.327 e. The van der Waals surface area contributed by atoms with E-state index in [0.717, 1.165) is 17.2 Å². The summed E-state index contributed by atoms with van der Waals surface area (Å²) in [6.07, 6.45) is -4.84. The molecule has 4 aromatic rings. The average Bonchev–Trinajstić information content (AvgIpc) is 3.70. The molecule has 2 saturated heterocycles. The van der Waals surface area contributed by atoms with E-state index in [2.05, 4.69) is 35.2 Å². The molecule has 2 aliphatic rings. The number of nitrogen functional groups attached to an aromatic ring is 2. The van der Waals surface area contributed by atoms with Gasteiger partial charge in [0.1, 0.15) is 43.4 Å². The summed E-state index contributed by atoms with van der Waals surface area (Å²) in [5, 5.41) is 27.8. The second kappa shape index (κ2) is 10.1. The molecule has 0 spiro atoms. The van der Waals surface area contributed by atoms with Gasteiger partial charge in [-0.2, -0.15) is 9.67 Å². The van der Waals surface area contributed by atoms with Crippen LogP contribution in [0.1, 0.15) is 0 Å². The molecule has 19 nitrogen and oxygen atoms in total. The minimum Gasteiger partial charge on any atom is -0.394 e. The molecule has 6 heterocycles. The molecule has 42 heavy (non-hydrogen) atoms. The van der Waals surface area contributed by atoms with Crippen LogP contribution in [-0.2, 0) is 41.8 Å². The maximum absolute atomic E-state index is 16.1. The van der Waals surface area contributed by atoms with E-state index in [-0.39, 0.29) is 34.1 Å². The summed E-state index contributed by atoms with van der Waals surface area (Å²) in [6.45, 7) is -7.41. The van der Waals surface area contributed by atoms with E-state index in [4.69, 9.17) is 41.8 Å². The van der Waals surface area contributed by atoms with Gasteiger partial charge in [-0.15, -0.1) is 5.10 Å². The minimum atomic E-state index is -4.52. The van der Waals surface area contributed by atoms with Crippen molar-refractivity contribution in [2.24, 2.45) is 0 Å². The van der Waals surface area contributed by atoms with Crippen LogP contribution in [0.4, 0.5) is 20.5 Å². The average molecular weight is 633 g/mol. The summed E-state index contributed by atoms with van der Waals surface area (Å²) in [5.74, 6) is -2.95. The predicted octanol–water partition coefficient (Wildman–Crippen LogP) is -2.47. The van der Waals surface area contributed by atoms with Gasteiger partial charge in [-0.3, -0.25) is 18.9 Å². The standard InChI is InChI=1S/C19H22F2N11O8PS/c20-11-7(1-33)38-4-19(11,32-15-10(29-30-32)16(35)28-17(23)27-15)40-41(36,42)39-2-8-12(34)18(21,3-37-8)31-6-26-9-13(22)24-5-25-14(9)31/h5-8,11-12,33-34H,1-4H2,(H,36,42)(H2,22,24,25)(H3,23,27,28,35)/t7-,8-,11+,12-,18?,19+,41?/m1/s1. The van der Waals surface area contributed by atoms with Crippen molar-refractivity contribution in [3.05, 3.63) is 23.0 Å². The first-order chi connectivity index (χ1) is 19.9. The van der Waals surface area contributed by atoms with E-state index in [9.17, 15) is 19.9 Å². The lowest BCUT2D eigenvalue weighted by molar-refractivity contribution is -0.0826. The van der Waals surface area contributed by atoms with Crippen molar-refractivity contribution in [2.45, 2.75) is 36.0 Å². The molecule has 4 aromatic heterocycles. The molecule has 0 amide bonds. The Morgan fingerprint density at radius 1 is 1.21 bits per heavy atom. The number of aromatic amines is 1. The van der Waals surface area contributed by atoms with Gasteiger partial charge in [-0.05, 0) is 11.8 Å². The molecule has 7 atom stereocenters. The highest BCUT2D eigenvalue weighted by Crippen LogP contribution is 2.53. The van der Waals surface area contributed by atoms with Crippen molar-refractivity contribution >= 4 is 52.6 Å². The number of alkyl halides is 2. The number of H-pyrrole nitrogens is 1. The van der Waals surface area contributed by atoms with Gasteiger partial charge in [-0.25, -0.2) is 23.7 Å². The van der Waals surface area contributed by atoms with E-state index < -0.39 is 74.7 Å². The van der Waals surface area contributed by atoms with E-state index in [1.54, 1.807) is 0 Å². The monoisotopic (exact) mass is 633 g/mol. The van der Waals surface area contributed by atoms with Gasteiger partial charge in [-0.1, -0.05) is 5.21 Å². The van der Waals surface area contributed by atoms with Crippen molar-refractivity contribution in [3.63, 3.8) is 0 Å². The quantitative estimate of drug-likeness (QED) is 0.110. The number of imidazole rings is 1. The Bertz CT molecular complexity index is 1780. The van der Waals surface area contributed by atoms with E-state index >= 15 is 8.78 Å². The lowest BCUT2D eigenvalue weighted by atomic mass is 10.1. The fourth-order valence-electron chi connectivity index (χ4n) is 4.77. The number of fused-ring (bicyclic) bond motifs is 2. The molecule has 6 rings (SSSR count). The molecule has 2 fully saturated rings. The Kier molecular flexibility index (Phi) is 6.94. The molecule has 2 unspecified atom stereocenters. The van der Waals surface area contributed by atoms with Crippen LogP contribution < -0.4 is 17.0 Å². The number of ether oxygens (including phenoxy) is 2. The topological polar surface area (TPSA) is 270 Å². The first-order valence-corrected chi connectivity index (χ1v) is 14.6. The number of hydrogen-bond acceptors (Lipinski definition) is 16. The fraction of sp³-hybridized carbons (Fsp3) is 0.526. The van der Waals surface area contributed by atoms with Crippen LogP contribution in [0.3, 0.4) is 0 Å². The van der Waals surface area contributed by atoms with Crippen molar-refractivity contribution in [2.75, 3.05) is 37.9 Å². The lowest BCUT2D eigenvalue weighted by Gasteiger charge is -2.33. The van der Waals surface area contributed by atoms with E-state index in [1.165, 1.54) is 0 Å². The molecule has 2 aliphatic heterocycles. The number of nitrogens with zero attached hydrogens (tertiary/aromatic N) is 8. The van der Waals surface area contributed by atoms with Crippen molar-refractivity contribution in [1.29, 1.82) is 0 Å². The van der Waals surface area contributed by atoms with Crippen molar-refractivity contribution in [3.8, 4) is 0 Å². The zero-order chi connectivity index (χ0) is 30.0. The lowest BCUT2D eigenvalue weighted by Crippen LogP contribution is -2.47. The summed E-state index contributed by atoms with van der Waals surface area (Å²) < 4.78 is 55.1. The summed E-state index contributed by atoms with van der Waals surface area (Å²) >= 11 is 5.10. The molecular formula is C19H22F2N11O8PS. The molecule has 0 radical (unpaired) electrons. The van der Waals surface area contributed by atoms with Gasteiger partial charge < -0.3 is 40.6 Å². The second-order valence-corrected chi connectivity index (χ2v) is 12.2. The molecule has 0 aromatic carbocycles. The normalized spacial score (nSPS) is 31.3. The number of aliphatic hydroxyl groups is 2. The molecule has 8 N–H and O–H groups in total. The van der Waals surface area contributed by atoms with Crippen LogP contribution in [0.5, 0.6) is 0 Å². The van der Waals surface area contributed by atoms with Crippen LogP contribution >= 0.6 is 6.72 Å². The maximum atomic E-state index is 16.1. The van der Waals surface area contributed by atoms with Crippen LogP contribution in [0.25, 0.3) is 22.3 Å². The number of hydrogen-bond donors (Lipinski definition) is 6.